The van der Waals surface area contributed by atoms with Crippen LogP contribution in [0, 0.1) is 0 Å². The molecule has 0 aliphatic carbocycles. The molecule has 1 aliphatic rings. The second kappa shape index (κ2) is 3.33. The van der Waals surface area contributed by atoms with Crippen molar-refractivity contribution in [2.45, 2.75) is 12.3 Å². The molecule has 0 radical (unpaired) electrons. The summed E-state index contributed by atoms with van der Waals surface area (Å²) in [4.78, 5) is 24.2. The van der Waals surface area contributed by atoms with Gasteiger partial charge >= 0.3 is 0 Å². The van der Waals surface area contributed by atoms with E-state index >= 15 is 0 Å². The van der Waals surface area contributed by atoms with Crippen molar-refractivity contribution < 1.29 is 9.59 Å². The van der Waals surface area contributed by atoms with Crippen LogP contribution in [0.4, 0.5) is 0 Å². The van der Waals surface area contributed by atoms with Gasteiger partial charge in [0.05, 0.1) is 0 Å². The van der Waals surface area contributed by atoms with Crippen molar-refractivity contribution in [2.24, 2.45) is 0 Å². The van der Waals surface area contributed by atoms with Crippen molar-refractivity contribution in [3.05, 3.63) is 35.9 Å². The fourth-order valence-electron chi connectivity index (χ4n) is 2.03. The molecule has 0 aromatic heterocycles. The van der Waals surface area contributed by atoms with Crippen LogP contribution in [0.1, 0.15) is 12.5 Å². The molecule has 2 amide bonds. The first-order valence-electron chi connectivity index (χ1n) is 5.11. The van der Waals surface area contributed by atoms with Gasteiger partial charge < -0.3 is 0 Å². The van der Waals surface area contributed by atoms with Crippen LogP contribution in [-0.2, 0) is 15.0 Å². The highest BCUT2D eigenvalue weighted by molar-refractivity contribution is 6.14. The van der Waals surface area contributed by atoms with E-state index < -0.39 is 5.41 Å². The van der Waals surface area contributed by atoms with E-state index in [1.807, 2.05) is 30.3 Å². The Morgan fingerprint density at radius 1 is 0.938 bits per heavy atom. The molecule has 0 N–H and O–H groups in total. The highest BCUT2D eigenvalue weighted by Gasteiger charge is 2.53. The van der Waals surface area contributed by atoms with E-state index in [2.05, 4.69) is 0 Å². The Morgan fingerprint density at radius 3 is 1.81 bits per heavy atom. The summed E-state index contributed by atoms with van der Waals surface area (Å²) in [5.41, 5.74) is -0.341. The van der Waals surface area contributed by atoms with Gasteiger partial charge in [0.2, 0.25) is 0 Å². The fraction of sp³-hybridized carbons (Fsp3) is 0.333. The molecule has 1 heterocycles. The Balaban J connectivity index is 2.54. The third-order valence-corrected chi connectivity index (χ3v) is 3.24. The maximum atomic E-state index is 12.1. The Labute approximate surface area is 94.4 Å². The molecule has 2 rings (SSSR count). The summed E-state index contributed by atoms with van der Waals surface area (Å²) in [7, 11) is 3.21. The maximum absolute atomic E-state index is 12.1. The van der Waals surface area contributed by atoms with Crippen LogP contribution in [0.5, 0.6) is 0 Å². The van der Waals surface area contributed by atoms with Gasteiger partial charge in [0.1, 0.15) is 0 Å². The lowest BCUT2D eigenvalue weighted by Crippen LogP contribution is -2.37. The zero-order valence-electron chi connectivity index (χ0n) is 9.60. The highest BCUT2D eigenvalue weighted by Crippen LogP contribution is 2.33. The molecule has 0 spiro atoms. The normalized spacial score (nSPS) is 19.4. The Bertz CT molecular complexity index is 422. The molecule has 1 fully saturated rings. The van der Waals surface area contributed by atoms with Gasteiger partial charge in [0.15, 0.2) is 5.41 Å². The number of likely N-dealkylation sites (N-methyl/N-ethyl adjacent to an activating group) is 2. The van der Waals surface area contributed by atoms with Crippen LogP contribution in [0.25, 0.3) is 0 Å². The van der Waals surface area contributed by atoms with E-state index in [0.717, 1.165) is 5.56 Å². The average Bonchev–Trinajstić information content (AvgIpc) is 2.47. The van der Waals surface area contributed by atoms with E-state index in [4.69, 9.17) is 0 Å². The van der Waals surface area contributed by atoms with Gasteiger partial charge in [-0.25, -0.2) is 0 Å². The molecule has 0 bridgehead atoms. The minimum atomic E-state index is -1.08. The summed E-state index contributed by atoms with van der Waals surface area (Å²) in [5, 5.41) is 2.71. The Kier molecular flexibility index (Phi) is 2.22. The molecule has 1 aromatic rings. The zero-order chi connectivity index (χ0) is 11.9. The Morgan fingerprint density at radius 2 is 1.38 bits per heavy atom. The number of hydrogen-bond donors (Lipinski definition) is 0. The first-order chi connectivity index (χ1) is 7.49. The molecule has 0 atom stereocenters. The number of hydrazine groups is 1. The molecule has 1 saturated heterocycles. The van der Waals surface area contributed by atoms with Crippen LogP contribution in [0.2, 0.25) is 0 Å². The molecule has 16 heavy (non-hydrogen) atoms. The number of nitrogens with zero attached hydrogens (tertiary/aromatic N) is 2. The summed E-state index contributed by atoms with van der Waals surface area (Å²) in [5.74, 6) is -0.377. The topological polar surface area (TPSA) is 40.6 Å². The summed E-state index contributed by atoms with van der Waals surface area (Å²) in [6, 6.07) is 9.15. The number of carbonyl (C=O) groups is 2. The number of rotatable bonds is 1. The lowest BCUT2D eigenvalue weighted by atomic mass is 9.82. The first-order valence-corrected chi connectivity index (χ1v) is 5.11. The molecule has 1 aliphatic heterocycles. The van der Waals surface area contributed by atoms with Crippen molar-refractivity contribution in [1.29, 1.82) is 0 Å². The molecule has 4 nitrogen and oxygen atoms in total. The quantitative estimate of drug-likeness (QED) is 0.654. The van der Waals surface area contributed by atoms with Gasteiger partial charge in [0.25, 0.3) is 11.8 Å². The van der Waals surface area contributed by atoms with Crippen molar-refractivity contribution in [3.63, 3.8) is 0 Å². The third-order valence-electron chi connectivity index (χ3n) is 3.24. The van der Waals surface area contributed by atoms with Gasteiger partial charge in [-0.15, -0.1) is 0 Å². The molecular formula is C12H14N2O2. The average molecular weight is 218 g/mol. The van der Waals surface area contributed by atoms with Crippen molar-refractivity contribution >= 4 is 11.8 Å². The fourth-order valence-corrected chi connectivity index (χ4v) is 2.03. The summed E-state index contributed by atoms with van der Waals surface area (Å²) in [6.07, 6.45) is 0. The van der Waals surface area contributed by atoms with Gasteiger partial charge in [-0.2, -0.15) is 0 Å². The van der Waals surface area contributed by atoms with Gasteiger partial charge in [-0.1, -0.05) is 30.3 Å². The maximum Gasteiger partial charge on any atom is 0.260 e. The molecule has 0 unspecified atom stereocenters. The van der Waals surface area contributed by atoms with E-state index in [-0.39, 0.29) is 11.8 Å². The molecule has 84 valence electrons. The third kappa shape index (κ3) is 1.16. The first kappa shape index (κ1) is 10.7. The van der Waals surface area contributed by atoms with Crippen LogP contribution in [-0.4, -0.2) is 35.9 Å². The second-order valence-electron chi connectivity index (χ2n) is 4.15. The van der Waals surface area contributed by atoms with Crippen molar-refractivity contribution in [3.8, 4) is 0 Å². The standard InChI is InChI=1S/C12H14N2O2/c1-12(9-7-5-4-6-8-9)10(15)13(2)14(3)11(12)16/h4-8H,1-3H3. The van der Waals surface area contributed by atoms with Crippen molar-refractivity contribution in [2.75, 3.05) is 14.1 Å². The van der Waals surface area contributed by atoms with Crippen LogP contribution >= 0.6 is 0 Å². The number of carbonyl (C=O) groups excluding carboxylic acids is 2. The lowest BCUT2D eigenvalue weighted by Gasteiger charge is -2.18. The predicted molar refractivity (Wildman–Crippen MR) is 59.3 cm³/mol. The minimum absolute atomic E-state index is 0.189. The van der Waals surface area contributed by atoms with Crippen LogP contribution in [0.15, 0.2) is 30.3 Å². The second-order valence-corrected chi connectivity index (χ2v) is 4.15. The summed E-state index contributed by atoms with van der Waals surface area (Å²) < 4.78 is 0. The highest BCUT2D eigenvalue weighted by atomic mass is 16.2. The molecule has 1 aromatic carbocycles. The SMILES string of the molecule is CN1C(=O)C(C)(c2ccccc2)C(=O)N1C. The number of hydrogen-bond acceptors (Lipinski definition) is 2. The van der Waals surface area contributed by atoms with Gasteiger partial charge in [-0.05, 0) is 12.5 Å². The van der Waals surface area contributed by atoms with E-state index in [0.29, 0.717) is 0 Å². The molecule has 0 saturated carbocycles. The minimum Gasteiger partial charge on any atom is -0.271 e. The smallest absolute Gasteiger partial charge is 0.260 e. The largest absolute Gasteiger partial charge is 0.271 e. The predicted octanol–water partition coefficient (Wildman–Crippen LogP) is 0.790. The number of amides is 2. The van der Waals surface area contributed by atoms with E-state index in [1.54, 1.807) is 21.0 Å². The summed E-state index contributed by atoms with van der Waals surface area (Å²) in [6.45, 7) is 1.67. The Hall–Kier alpha value is -1.84. The van der Waals surface area contributed by atoms with Crippen LogP contribution in [0.3, 0.4) is 0 Å². The summed E-state index contributed by atoms with van der Waals surface area (Å²) >= 11 is 0. The van der Waals surface area contributed by atoms with Crippen molar-refractivity contribution in [1.82, 2.24) is 10.0 Å². The van der Waals surface area contributed by atoms with E-state index in [9.17, 15) is 9.59 Å². The van der Waals surface area contributed by atoms with Crippen LogP contribution < -0.4 is 0 Å². The zero-order valence-corrected chi connectivity index (χ0v) is 9.60. The van der Waals surface area contributed by atoms with E-state index in [1.165, 1.54) is 10.0 Å². The monoisotopic (exact) mass is 218 g/mol. The van der Waals surface area contributed by atoms with Gasteiger partial charge in [0, 0.05) is 14.1 Å². The molecular weight excluding hydrogens is 204 g/mol. The van der Waals surface area contributed by atoms with Gasteiger partial charge in [-0.3, -0.25) is 19.6 Å². The lowest BCUT2D eigenvalue weighted by molar-refractivity contribution is -0.141. The molecule has 4 heteroatoms. The number of benzene rings is 1.